The number of aromatic nitrogens is 3. The summed E-state index contributed by atoms with van der Waals surface area (Å²) in [5.74, 6) is -0.192. The minimum Gasteiger partial charge on any atom is -0.612 e. The lowest BCUT2D eigenvalue weighted by molar-refractivity contribution is -0.124. The van der Waals surface area contributed by atoms with E-state index >= 15 is 0 Å². The van der Waals surface area contributed by atoms with Crippen LogP contribution in [0.15, 0.2) is 35.2 Å². The predicted octanol–water partition coefficient (Wildman–Crippen LogP) is 2.78. The molecule has 166 valence electrons. The Morgan fingerprint density at radius 1 is 1.22 bits per heavy atom. The van der Waals surface area contributed by atoms with E-state index in [2.05, 4.69) is 10.3 Å². The van der Waals surface area contributed by atoms with Gasteiger partial charge in [-0.05, 0) is 53.7 Å². The van der Waals surface area contributed by atoms with Crippen LogP contribution in [0.25, 0.3) is 22.2 Å². The highest BCUT2D eigenvalue weighted by Crippen LogP contribution is 2.36. The molecule has 0 bridgehead atoms. The summed E-state index contributed by atoms with van der Waals surface area (Å²) in [5.41, 5.74) is 2.90. The number of carbonyl (C=O) groups is 2. The number of benzene rings is 2. The normalized spacial score (nSPS) is 17.6. The van der Waals surface area contributed by atoms with E-state index in [9.17, 15) is 18.5 Å². The monoisotopic (exact) mass is 455 g/mol. The molecule has 1 atom stereocenters. The van der Waals surface area contributed by atoms with Gasteiger partial charge in [-0.2, -0.15) is 0 Å². The van der Waals surface area contributed by atoms with Gasteiger partial charge in [0.15, 0.2) is 10.4 Å². The molecule has 1 saturated heterocycles. The maximum atomic E-state index is 15.0. The molecule has 0 spiro atoms. The van der Waals surface area contributed by atoms with Crippen LogP contribution in [0, 0.1) is 11.7 Å². The molecule has 1 saturated carbocycles. The van der Waals surface area contributed by atoms with Gasteiger partial charge in [0.2, 0.25) is 5.91 Å². The van der Waals surface area contributed by atoms with Crippen LogP contribution in [0.5, 0.6) is 0 Å². The third kappa shape index (κ3) is 3.63. The van der Waals surface area contributed by atoms with Crippen molar-refractivity contribution in [3.63, 3.8) is 0 Å². The fourth-order valence-corrected chi connectivity index (χ4v) is 4.95. The van der Waals surface area contributed by atoms with Gasteiger partial charge in [-0.3, -0.25) is 9.69 Å². The Labute approximate surface area is 187 Å². The lowest BCUT2D eigenvalue weighted by Crippen LogP contribution is -2.29. The first-order valence-corrected chi connectivity index (χ1v) is 11.9. The van der Waals surface area contributed by atoms with Crippen molar-refractivity contribution < 1.29 is 18.5 Å². The number of urea groups is 1. The molecule has 2 aromatic carbocycles. The van der Waals surface area contributed by atoms with Crippen molar-refractivity contribution in [3.8, 4) is 11.1 Å². The van der Waals surface area contributed by atoms with E-state index in [0.29, 0.717) is 33.0 Å². The van der Waals surface area contributed by atoms with Crippen LogP contribution in [0.2, 0.25) is 0 Å². The minimum atomic E-state index is -1.36. The van der Waals surface area contributed by atoms with Crippen molar-refractivity contribution in [2.24, 2.45) is 5.92 Å². The van der Waals surface area contributed by atoms with Crippen LogP contribution in [-0.2, 0) is 29.1 Å². The van der Waals surface area contributed by atoms with Gasteiger partial charge >= 0.3 is 6.03 Å². The number of imide groups is 1. The topological polar surface area (TPSA) is 94.4 Å². The van der Waals surface area contributed by atoms with Crippen LogP contribution < -0.4 is 0 Å². The van der Waals surface area contributed by atoms with E-state index in [1.807, 2.05) is 16.8 Å². The van der Waals surface area contributed by atoms with Crippen LogP contribution in [0.3, 0.4) is 0 Å². The minimum absolute atomic E-state index is 0.00210. The van der Waals surface area contributed by atoms with Crippen molar-refractivity contribution in [2.75, 3.05) is 19.8 Å². The van der Waals surface area contributed by atoms with Crippen LogP contribution in [-0.4, -0.2) is 61.1 Å². The van der Waals surface area contributed by atoms with Crippen molar-refractivity contribution in [2.45, 2.75) is 30.8 Å². The van der Waals surface area contributed by atoms with Gasteiger partial charge in [0, 0.05) is 24.7 Å². The number of carbonyl (C=O) groups excluding carboxylic acids is 2. The standard InChI is InChI=1S/C22H22FN5O3S/c1-26-19(29)12-27(22(26)30)11-15-6-5-14(9-17(15)23)16-7-8-18-20(21(16)32(2)31)24-25-28(18)10-13-3-4-13/h5-9,13H,3-4,10-12H2,1-2H3. The van der Waals surface area contributed by atoms with Crippen LogP contribution in [0.1, 0.15) is 18.4 Å². The lowest BCUT2D eigenvalue weighted by Gasteiger charge is -2.16. The summed E-state index contributed by atoms with van der Waals surface area (Å²) in [7, 11) is 1.41. The van der Waals surface area contributed by atoms with E-state index in [1.165, 1.54) is 30.9 Å². The molecule has 10 heteroatoms. The summed E-state index contributed by atoms with van der Waals surface area (Å²) in [4.78, 5) is 26.7. The summed E-state index contributed by atoms with van der Waals surface area (Å²) in [6, 6.07) is 7.97. The highest BCUT2D eigenvalue weighted by Gasteiger charge is 2.33. The predicted molar refractivity (Wildman–Crippen MR) is 117 cm³/mol. The number of hydrogen-bond donors (Lipinski definition) is 0. The highest BCUT2D eigenvalue weighted by molar-refractivity contribution is 7.91. The molecule has 0 N–H and O–H groups in total. The largest absolute Gasteiger partial charge is 0.612 e. The number of amides is 3. The molecule has 8 nitrogen and oxygen atoms in total. The fraction of sp³-hybridized carbons (Fsp3) is 0.364. The molecule has 2 heterocycles. The van der Waals surface area contributed by atoms with Crippen LogP contribution >= 0.6 is 0 Å². The Balaban J connectivity index is 1.48. The van der Waals surface area contributed by atoms with Gasteiger partial charge in [0.25, 0.3) is 0 Å². The van der Waals surface area contributed by atoms with Crippen molar-refractivity contribution in [1.82, 2.24) is 24.8 Å². The zero-order chi connectivity index (χ0) is 22.6. The number of likely N-dealkylation sites (N-methyl/N-ethyl adjacent to an activating group) is 1. The number of rotatable bonds is 6. The Bertz CT molecular complexity index is 1240. The number of fused-ring (bicyclic) bond motifs is 1. The maximum absolute atomic E-state index is 15.0. The second kappa shape index (κ2) is 7.86. The van der Waals surface area contributed by atoms with Crippen molar-refractivity contribution in [1.29, 1.82) is 0 Å². The van der Waals surface area contributed by atoms with E-state index < -0.39 is 23.0 Å². The molecule has 0 radical (unpaired) electrons. The van der Waals surface area contributed by atoms with Gasteiger partial charge in [-0.25, -0.2) is 13.9 Å². The molecule has 5 rings (SSSR count). The third-order valence-electron chi connectivity index (χ3n) is 6.04. The zero-order valence-electron chi connectivity index (χ0n) is 17.7. The summed E-state index contributed by atoms with van der Waals surface area (Å²) < 4.78 is 29.5. The summed E-state index contributed by atoms with van der Waals surface area (Å²) in [6.45, 7) is 0.729. The third-order valence-corrected chi connectivity index (χ3v) is 7.03. The summed E-state index contributed by atoms with van der Waals surface area (Å²) >= 11 is -1.36. The molecule has 32 heavy (non-hydrogen) atoms. The van der Waals surface area contributed by atoms with E-state index in [1.54, 1.807) is 18.4 Å². The molecule has 1 aromatic heterocycles. The first-order chi connectivity index (χ1) is 15.3. The average Bonchev–Trinajstić information content (AvgIpc) is 3.45. The second-order valence-corrected chi connectivity index (χ2v) is 9.69. The number of nitrogens with zero attached hydrogens (tertiary/aromatic N) is 5. The number of halogens is 1. The Hall–Kier alpha value is -2.98. The first-order valence-electron chi connectivity index (χ1n) is 10.4. The second-order valence-electron chi connectivity index (χ2n) is 8.38. The quantitative estimate of drug-likeness (QED) is 0.421. The Morgan fingerprint density at radius 3 is 2.62 bits per heavy atom. The highest BCUT2D eigenvalue weighted by atomic mass is 32.2. The molecule has 3 aromatic rings. The van der Waals surface area contributed by atoms with E-state index in [-0.39, 0.29) is 19.0 Å². The van der Waals surface area contributed by atoms with E-state index in [4.69, 9.17) is 0 Å². The molecular weight excluding hydrogens is 433 g/mol. The van der Waals surface area contributed by atoms with Gasteiger partial charge < -0.3 is 9.45 Å². The van der Waals surface area contributed by atoms with Gasteiger partial charge in [0.1, 0.15) is 18.6 Å². The van der Waals surface area contributed by atoms with Gasteiger partial charge in [-0.15, -0.1) is 5.10 Å². The van der Waals surface area contributed by atoms with Gasteiger partial charge in [-0.1, -0.05) is 17.3 Å². The Morgan fingerprint density at radius 2 is 2.00 bits per heavy atom. The summed E-state index contributed by atoms with van der Waals surface area (Å²) in [6.07, 6.45) is 3.95. The van der Waals surface area contributed by atoms with Crippen molar-refractivity contribution >= 4 is 34.1 Å². The van der Waals surface area contributed by atoms with Crippen LogP contribution in [0.4, 0.5) is 9.18 Å². The maximum Gasteiger partial charge on any atom is 0.327 e. The molecular formula is C22H22FN5O3S. The average molecular weight is 456 g/mol. The smallest absolute Gasteiger partial charge is 0.327 e. The molecule has 2 aliphatic rings. The van der Waals surface area contributed by atoms with Crippen molar-refractivity contribution in [3.05, 3.63) is 41.7 Å². The first kappa shape index (κ1) is 20.9. The SMILES string of the molecule is CN1C(=O)CN(Cc2ccc(-c3ccc4c(nnn4CC4CC4)c3[S+](C)[O-])cc2F)C1=O. The molecule has 1 aliphatic heterocycles. The molecule has 1 aliphatic carbocycles. The molecule has 1 unspecified atom stereocenters. The Kier molecular flexibility index (Phi) is 5.13. The van der Waals surface area contributed by atoms with E-state index in [0.717, 1.165) is 17.0 Å². The number of hydrogen-bond acceptors (Lipinski definition) is 5. The fourth-order valence-electron chi connectivity index (χ4n) is 4.04. The molecule has 3 amide bonds. The lowest BCUT2D eigenvalue weighted by atomic mass is 10.0. The van der Waals surface area contributed by atoms with Gasteiger partial charge in [0.05, 0.1) is 12.1 Å². The zero-order valence-corrected chi connectivity index (χ0v) is 18.6. The summed E-state index contributed by atoms with van der Waals surface area (Å²) in [5, 5.41) is 8.53. The molecule has 2 fully saturated rings.